The number of nitrogens with zero attached hydrogens (tertiary/aromatic N) is 3. The Balaban J connectivity index is 2.56. The molecule has 3 nitrogen and oxygen atoms in total. The molecular weight excluding hydrogens is 290 g/mol. The molecule has 0 radical (unpaired) electrons. The number of alkyl halides is 4. The Morgan fingerprint density at radius 2 is 1.94 bits per heavy atom. The van der Waals surface area contributed by atoms with Gasteiger partial charge in [0.15, 0.2) is 0 Å². The molecule has 1 heterocycles. The third kappa shape index (κ3) is 2.59. The minimum absolute atomic E-state index is 0.0316. The second-order valence-electron chi connectivity index (χ2n) is 3.47. The average molecular weight is 296 g/mol. The molecule has 0 aliphatic rings. The van der Waals surface area contributed by atoms with E-state index in [4.69, 9.17) is 23.2 Å². The highest BCUT2D eigenvalue weighted by Crippen LogP contribution is 2.32. The molecular formula is C10H6Cl2F3N3. The molecule has 0 spiro atoms. The lowest BCUT2D eigenvalue weighted by atomic mass is 10.2. The summed E-state index contributed by atoms with van der Waals surface area (Å²) in [6.45, 7) is 0. The summed E-state index contributed by atoms with van der Waals surface area (Å²) >= 11 is 11.3. The molecule has 0 aliphatic carbocycles. The van der Waals surface area contributed by atoms with Crippen molar-refractivity contribution in [3.05, 3.63) is 40.7 Å². The zero-order valence-corrected chi connectivity index (χ0v) is 10.3. The van der Waals surface area contributed by atoms with Crippen molar-refractivity contribution in [1.82, 2.24) is 15.0 Å². The standard InChI is InChI=1S/C10H6Cl2F3N3/c11-4-9-5-16-17-18(9)8-2-6(10(13,14)15)1-7(12)3-8/h1-3,5H,4H2. The molecule has 2 aromatic rings. The van der Waals surface area contributed by atoms with Crippen molar-refractivity contribution in [2.24, 2.45) is 0 Å². The van der Waals surface area contributed by atoms with E-state index in [-0.39, 0.29) is 16.6 Å². The average Bonchev–Trinajstić information content (AvgIpc) is 2.74. The third-order valence-electron chi connectivity index (χ3n) is 2.21. The summed E-state index contributed by atoms with van der Waals surface area (Å²) in [6, 6.07) is 3.15. The van der Waals surface area contributed by atoms with Crippen molar-refractivity contribution in [2.45, 2.75) is 12.1 Å². The minimum atomic E-state index is -4.47. The fraction of sp³-hybridized carbons (Fsp3) is 0.200. The summed E-state index contributed by atoms with van der Waals surface area (Å²) in [7, 11) is 0. The Morgan fingerprint density at radius 1 is 1.22 bits per heavy atom. The van der Waals surface area contributed by atoms with Crippen LogP contribution in [0.25, 0.3) is 5.69 Å². The van der Waals surface area contributed by atoms with E-state index in [0.717, 1.165) is 12.1 Å². The van der Waals surface area contributed by atoms with Crippen LogP contribution in [0.2, 0.25) is 5.02 Å². The second-order valence-corrected chi connectivity index (χ2v) is 4.17. The maximum absolute atomic E-state index is 12.6. The van der Waals surface area contributed by atoms with Crippen LogP contribution in [0.1, 0.15) is 11.3 Å². The van der Waals surface area contributed by atoms with Gasteiger partial charge < -0.3 is 0 Å². The summed E-state index contributed by atoms with van der Waals surface area (Å²) in [4.78, 5) is 0. The van der Waals surface area contributed by atoms with E-state index in [9.17, 15) is 13.2 Å². The molecule has 2 rings (SSSR count). The minimum Gasteiger partial charge on any atom is -0.216 e. The lowest BCUT2D eigenvalue weighted by Gasteiger charge is -2.10. The van der Waals surface area contributed by atoms with E-state index < -0.39 is 11.7 Å². The predicted octanol–water partition coefficient (Wildman–Crippen LogP) is 3.68. The highest BCUT2D eigenvalue weighted by Gasteiger charge is 2.31. The Labute approximate surface area is 110 Å². The first-order valence-electron chi connectivity index (χ1n) is 4.75. The van der Waals surface area contributed by atoms with E-state index in [1.807, 2.05) is 0 Å². The first kappa shape index (κ1) is 13.2. The van der Waals surface area contributed by atoms with Crippen LogP contribution in [0.5, 0.6) is 0 Å². The topological polar surface area (TPSA) is 30.7 Å². The van der Waals surface area contributed by atoms with Gasteiger partial charge in [-0.1, -0.05) is 16.8 Å². The van der Waals surface area contributed by atoms with E-state index in [1.54, 1.807) is 0 Å². The molecule has 0 fully saturated rings. The molecule has 0 amide bonds. The van der Waals surface area contributed by atoms with Gasteiger partial charge in [0, 0.05) is 5.02 Å². The molecule has 8 heteroatoms. The van der Waals surface area contributed by atoms with Gasteiger partial charge in [-0.2, -0.15) is 13.2 Å². The number of hydrogen-bond donors (Lipinski definition) is 0. The molecule has 0 N–H and O–H groups in total. The molecule has 0 saturated carbocycles. The van der Waals surface area contributed by atoms with Crippen LogP contribution in [0.3, 0.4) is 0 Å². The van der Waals surface area contributed by atoms with Crippen molar-refractivity contribution in [2.75, 3.05) is 0 Å². The van der Waals surface area contributed by atoms with E-state index >= 15 is 0 Å². The lowest BCUT2D eigenvalue weighted by Crippen LogP contribution is -2.08. The van der Waals surface area contributed by atoms with E-state index in [1.165, 1.54) is 16.9 Å². The van der Waals surface area contributed by atoms with Crippen LogP contribution in [0, 0.1) is 0 Å². The Hall–Kier alpha value is -1.27. The van der Waals surface area contributed by atoms with Gasteiger partial charge in [-0.15, -0.1) is 16.7 Å². The summed E-state index contributed by atoms with van der Waals surface area (Å²) in [5.41, 5.74) is -0.198. The van der Waals surface area contributed by atoms with Crippen molar-refractivity contribution in [3.63, 3.8) is 0 Å². The molecule has 0 atom stereocenters. The zero-order valence-electron chi connectivity index (χ0n) is 8.75. The first-order chi connectivity index (χ1) is 8.41. The van der Waals surface area contributed by atoms with Gasteiger partial charge in [-0.05, 0) is 18.2 Å². The molecule has 18 heavy (non-hydrogen) atoms. The summed E-state index contributed by atoms with van der Waals surface area (Å²) < 4.78 is 39.1. The summed E-state index contributed by atoms with van der Waals surface area (Å²) in [5.74, 6) is 0.0842. The molecule has 0 aliphatic heterocycles. The van der Waals surface area contributed by atoms with Crippen LogP contribution in [0.15, 0.2) is 24.4 Å². The van der Waals surface area contributed by atoms with Gasteiger partial charge >= 0.3 is 6.18 Å². The van der Waals surface area contributed by atoms with E-state index in [0.29, 0.717) is 5.69 Å². The second kappa shape index (κ2) is 4.78. The van der Waals surface area contributed by atoms with Crippen molar-refractivity contribution < 1.29 is 13.2 Å². The van der Waals surface area contributed by atoms with Crippen LogP contribution in [0.4, 0.5) is 13.2 Å². The van der Waals surface area contributed by atoms with Gasteiger partial charge in [0.1, 0.15) is 0 Å². The van der Waals surface area contributed by atoms with Crippen molar-refractivity contribution >= 4 is 23.2 Å². The third-order valence-corrected chi connectivity index (χ3v) is 2.70. The first-order valence-corrected chi connectivity index (χ1v) is 5.67. The highest BCUT2D eigenvalue weighted by atomic mass is 35.5. The molecule has 0 unspecified atom stereocenters. The zero-order chi connectivity index (χ0) is 13.3. The van der Waals surface area contributed by atoms with Gasteiger partial charge in [-0.3, -0.25) is 0 Å². The largest absolute Gasteiger partial charge is 0.416 e. The quantitative estimate of drug-likeness (QED) is 0.791. The summed E-state index contributed by atoms with van der Waals surface area (Å²) in [6.07, 6.45) is -3.09. The monoisotopic (exact) mass is 295 g/mol. The molecule has 1 aromatic heterocycles. The number of hydrogen-bond acceptors (Lipinski definition) is 2. The Kier molecular flexibility index (Phi) is 3.49. The molecule has 0 saturated heterocycles. The number of rotatable bonds is 2. The van der Waals surface area contributed by atoms with E-state index in [2.05, 4.69) is 10.3 Å². The smallest absolute Gasteiger partial charge is 0.216 e. The fourth-order valence-corrected chi connectivity index (χ4v) is 1.84. The predicted molar refractivity (Wildman–Crippen MR) is 60.9 cm³/mol. The van der Waals surface area contributed by atoms with Gasteiger partial charge in [-0.25, -0.2) is 4.68 Å². The number of aromatic nitrogens is 3. The lowest BCUT2D eigenvalue weighted by molar-refractivity contribution is -0.137. The van der Waals surface area contributed by atoms with Crippen LogP contribution in [-0.4, -0.2) is 15.0 Å². The van der Waals surface area contributed by atoms with Crippen LogP contribution >= 0.6 is 23.2 Å². The van der Waals surface area contributed by atoms with Gasteiger partial charge in [0.25, 0.3) is 0 Å². The normalized spacial score (nSPS) is 11.8. The maximum Gasteiger partial charge on any atom is 0.416 e. The summed E-state index contributed by atoms with van der Waals surface area (Å²) in [5, 5.41) is 7.24. The fourth-order valence-electron chi connectivity index (χ4n) is 1.42. The Morgan fingerprint density at radius 3 is 2.56 bits per heavy atom. The van der Waals surface area contributed by atoms with Crippen molar-refractivity contribution in [3.8, 4) is 5.69 Å². The van der Waals surface area contributed by atoms with Crippen LogP contribution < -0.4 is 0 Å². The molecule has 96 valence electrons. The van der Waals surface area contributed by atoms with Gasteiger partial charge in [0.05, 0.1) is 29.0 Å². The highest BCUT2D eigenvalue weighted by molar-refractivity contribution is 6.30. The maximum atomic E-state index is 12.6. The Bertz CT molecular complexity index is 566. The van der Waals surface area contributed by atoms with Crippen molar-refractivity contribution in [1.29, 1.82) is 0 Å². The van der Waals surface area contributed by atoms with Gasteiger partial charge in [0.2, 0.25) is 0 Å². The van der Waals surface area contributed by atoms with Crippen LogP contribution in [-0.2, 0) is 12.1 Å². The number of halogens is 5. The molecule has 1 aromatic carbocycles. The SMILES string of the molecule is FC(F)(F)c1cc(Cl)cc(-n2nncc2CCl)c1. The molecule has 0 bridgehead atoms. The number of benzene rings is 1.